The van der Waals surface area contributed by atoms with Gasteiger partial charge in [0, 0.05) is 12.7 Å². The molecule has 7 nitrogen and oxygen atoms in total. The third-order valence-electron chi connectivity index (χ3n) is 2.96. The lowest BCUT2D eigenvalue weighted by atomic mass is 9.85. The Morgan fingerprint density at radius 1 is 1.41 bits per heavy atom. The van der Waals surface area contributed by atoms with Crippen molar-refractivity contribution in [3.63, 3.8) is 0 Å². The van der Waals surface area contributed by atoms with Gasteiger partial charge in [0.2, 0.25) is 10.0 Å². The van der Waals surface area contributed by atoms with E-state index in [2.05, 4.69) is 0 Å². The molecule has 17 heavy (non-hydrogen) atoms. The van der Waals surface area contributed by atoms with Crippen molar-refractivity contribution in [2.24, 2.45) is 11.1 Å². The predicted molar refractivity (Wildman–Crippen MR) is 60.0 cm³/mol. The number of hydrogen-bond donors (Lipinski definition) is 2. The fourth-order valence-electron chi connectivity index (χ4n) is 1.78. The molecule has 0 amide bonds. The molecule has 0 unspecified atom stereocenters. The third-order valence-corrected chi connectivity index (χ3v) is 3.87. The van der Waals surface area contributed by atoms with Gasteiger partial charge in [-0.3, -0.25) is 14.3 Å². The first-order valence-corrected chi connectivity index (χ1v) is 6.79. The van der Waals surface area contributed by atoms with Crippen molar-refractivity contribution >= 4 is 10.0 Å². The fourth-order valence-corrected chi connectivity index (χ4v) is 2.36. The first kappa shape index (κ1) is 12.1. The number of aromatic amines is 1. The van der Waals surface area contributed by atoms with Crippen LogP contribution in [0.3, 0.4) is 0 Å². The van der Waals surface area contributed by atoms with Crippen LogP contribution in [0.5, 0.6) is 0 Å². The minimum absolute atomic E-state index is 0.368. The van der Waals surface area contributed by atoms with E-state index in [-0.39, 0.29) is 0 Å². The first-order chi connectivity index (χ1) is 7.88. The summed E-state index contributed by atoms with van der Waals surface area (Å²) >= 11 is 0. The Morgan fingerprint density at radius 3 is 2.53 bits per heavy atom. The van der Waals surface area contributed by atoms with Gasteiger partial charge in [-0.1, -0.05) is 6.42 Å². The third kappa shape index (κ3) is 2.47. The lowest BCUT2D eigenvalue weighted by Gasteiger charge is -2.25. The molecule has 1 aromatic rings. The summed E-state index contributed by atoms with van der Waals surface area (Å²) in [7, 11) is -4.10. The Balaban J connectivity index is 2.46. The van der Waals surface area contributed by atoms with Crippen molar-refractivity contribution in [2.75, 3.05) is 0 Å². The van der Waals surface area contributed by atoms with Crippen LogP contribution in [0.1, 0.15) is 19.3 Å². The van der Waals surface area contributed by atoms with Crippen LogP contribution in [-0.2, 0) is 16.6 Å². The van der Waals surface area contributed by atoms with Crippen LogP contribution >= 0.6 is 0 Å². The van der Waals surface area contributed by atoms with Gasteiger partial charge in [-0.25, -0.2) is 18.4 Å². The van der Waals surface area contributed by atoms with Crippen LogP contribution in [0, 0.1) is 5.92 Å². The number of nitrogens with zero attached hydrogens (tertiary/aromatic N) is 1. The van der Waals surface area contributed by atoms with E-state index in [9.17, 15) is 18.0 Å². The van der Waals surface area contributed by atoms with Crippen LogP contribution in [-0.4, -0.2) is 18.0 Å². The van der Waals surface area contributed by atoms with Crippen molar-refractivity contribution in [1.29, 1.82) is 0 Å². The Bertz CT molecular complexity index is 639. The van der Waals surface area contributed by atoms with Crippen LogP contribution in [0.15, 0.2) is 20.7 Å². The molecule has 0 radical (unpaired) electrons. The molecule has 3 N–H and O–H groups in total. The maximum Gasteiger partial charge on any atom is 0.328 e. The van der Waals surface area contributed by atoms with E-state index in [4.69, 9.17) is 5.14 Å². The van der Waals surface area contributed by atoms with Gasteiger partial charge >= 0.3 is 5.69 Å². The van der Waals surface area contributed by atoms with Gasteiger partial charge in [-0.05, 0) is 18.8 Å². The summed E-state index contributed by atoms with van der Waals surface area (Å²) in [6, 6.07) is 0. The molecule has 0 saturated heterocycles. The van der Waals surface area contributed by atoms with Crippen molar-refractivity contribution in [2.45, 2.75) is 30.7 Å². The lowest BCUT2D eigenvalue weighted by molar-refractivity contribution is 0.271. The summed E-state index contributed by atoms with van der Waals surface area (Å²) in [6.07, 6.45) is 4.16. The van der Waals surface area contributed by atoms with Crippen LogP contribution in [0.2, 0.25) is 0 Å². The lowest BCUT2D eigenvalue weighted by Crippen LogP contribution is -2.36. The van der Waals surface area contributed by atoms with Crippen molar-refractivity contribution < 1.29 is 8.42 Å². The molecule has 94 valence electrons. The quantitative estimate of drug-likeness (QED) is 0.723. The highest BCUT2D eigenvalue weighted by Gasteiger charge is 2.20. The number of aromatic nitrogens is 2. The normalized spacial score (nSPS) is 16.8. The summed E-state index contributed by atoms with van der Waals surface area (Å²) in [5.74, 6) is 0.368. The van der Waals surface area contributed by atoms with E-state index in [1.807, 2.05) is 4.98 Å². The van der Waals surface area contributed by atoms with Gasteiger partial charge in [0.05, 0.1) is 0 Å². The van der Waals surface area contributed by atoms with Gasteiger partial charge in [-0.2, -0.15) is 0 Å². The zero-order valence-corrected chi connectivity index (χ0v) is 9.87. The Hall–Kier alpha value is -1.41. The second kappa shape index (κ2) is 4.11. The molecule has 2 rings (SSSR count). The molecule has 0 bridgehead atoms. The average Bonchev–Trinajstić information content (AvgIpc) is 2.11. The standard InChI is InChI=1S/C9H13N3O4S/c10-17(15,16)7-5-12(4-6-2-1-3-6)9(14)11-8(7)13/h5-6H,1-4H2,(H2,10,15,16)(H,11,13,14). The Morgan fingerprint density at radius 2 is 2.06 bits per heavy atom. The van der Waals surface area contributed by atoms with E-state index in [0.717, 1.165) is 25.5 Å². The number of rotatable bonds is 3. The summed E-state index contributed by atoms with van der Waals surface area (Å²) < 4.78 is 23.5. The van der Waals surface area contributed by atoms with Crippen LogP contribution < -0.4 is 16.4 Å². The van der Waals surface area contributed by atoms with Crippen LogP contribution in [0.25, 0.3) is 0 Å². The number of hydrogen-bond acceptors (Lipinski definition) is 4. The molecule has 1 aliphatic carbocycles. The first-order valence-electron chi connectivity index (χ1n) is 5.24. The second-order valence-electron chi connectivity index (χ2n) is 4.25. The number of nitrogens with two attached hydrogens (primary N) is 1. The van der Waals surface area contributed by atoms with E-state index < -0.39 is 26.2 Å². The van der Waals surface area contributed by atoms with E-state index in [1.165, 1.54) is 4.57 Å². The summed E-state index contributed by atoms with van der Waals surface area (Å²) in [4.78, 5) is 24.1. The molecule has 1 saturated carbocycles. The van der Waals surface area contributed by atoms with E-state index in [1.54, 1.807) is 0 Å². The van der Waals surface area contributed by atoms with Crippen molar-refractivity contribution in [3.05, 3.63) is 27.0 Å². The summed E-state index contributed by atoms with van der Waals surface area (Å²) in [5.41, 5.74) is -1.57. The highest BCUT2D eigenvalue weighted by molar-refractivity contribution is 7.89. The molecule has 1 aromatic heterocycles. The maximum absolute atomic E-state index is 11.5. The number of nitrogens with one attached hydrogen (secondary N) is 1. The zero-order chi connectivity index (χ0) is 12.6. The van der Waals surface area contributed by atoms with E-state index in [0.29, 0.717) is 12.5 Å². The van der Waals surface area contributed by atoms with Crippen molar-refractivity contribution in [3.8, 4) is 0 Å². The zero-order valence-electron chi connectivity index (χ0n) is 9.05. The van der Waals surface area contributed by atoms with Crippen LogP contribution in [0.4, 0.5) is 0 Å². The number of primary sulfonamides is 1. The molecule has 0 spiro atoms. The van der Waals surface area contributed by atoms with Gasteiger partial charge < -0.3 is 0 Å². The highest BCUT2D eigenvalue weighted by atomic mass is 32.2. The highest BCUT2D eigenvalue weighted by Crippen LogP contribution is 2.27. The summed E-state index contributed by atoms with van der Waals surface area (Å²) in [5, 5.41) is 4.89. The monoisotopic (exact) mass is 259 g/mol. The molecule has 0 aliphatic heterocycles. The van der Waals surface area contributed by atoms with Crippen molar-refractivity contribution in [1.82, 2.24) is 9.55 Å². The molecule has 1 heterocycles. The van der Waals surface area contributed by atoms with E-state index >= 15 is 0 Å². The van der Waals surface area contributed by atoms with Gasteiger partial charge in [-0.15, -0.1) is 0 Å². The molecule has 0 aromatic carbocycles. The fraction of sp³-hybridized carbons (Fsp3) is 0.556. The molecular formula is C9H13N3O4S. The smallest absolute Gasteiger partial charge is 0.299 e. The summed E-state index contributed by atoms with van der Waals surface area (Å²) in [6.45, 7) is 0.415. The SMILES string of the molecule is NS(=O)(=O)c1cn(CC2CCC2)c(=O)[nH]c1=O. The maximum atomic E-state index is 11.5. The molecule has 1 fully saturated rings. The minimum Gasteiger partial charge on any atom is -0.299 e. The average molecular weight is 259 g/mol. The topological polar surface area (TPSA) is 115 Å². The van der Waals surface area contributed by atoms with Gasteiger partial charge in [0.1, 0.15) is 0 Å². The molecular weight excluding hydrogens is 246 g/mol. The number of H-pyrrole nitrogens is 1. The molecule has 0 atom stereocenters. The molecule has 8 heteroatoms. The Labute approximate surface area is 97.3 Å². The Kier molecular flexibility index (Phi) is 2.92. The second-order valence-corrected chi connectivity index (χ2v) is 5.78. The predicted octanol–water partition coefficient (Wildman–Crippen LogP) is -1.02. The number of sulfonamides is 1. The molecule has 1 aliphatic rings. The minimum atomic E-state index is -4.10. The van der Waals surface area contributed by atoms with Gasteiger partial charge in [0.15, 0.2) is 4.90 Å². The largest absolute Gasteiger partial charge is 0.328 e. The van der Waals surface area contributed by atoms with Gasteiger partial charge in [0.25, 0.3) is 5.56 Å².